The van der Waals surface area contributed by atoms with Gasteiger partial charge in [-0.25, -0.2) is 4.79 Å². The first kappa shape index (κ1) is 18.3. The van der Waals surface area contributed by atoms with E-state index in [2.05, 4.69) is 10.6 Å². The number of aliphatic hydroxyl groups is 1. The molecule has 124 valence electrons. The monoisotopic (exact) mass is 310 g/mol. The summed E-state index contributed by atoms with van der Waals surface area (Å²) in [5.41, 5.74) is 1.60. The number of amides is 2. The van der Waals surface area contributed by atoms with E-state index in [0.717, 1.165) is 11.3 Å². The van der Waals surface area contributed by atoms with Gasteiger partial charge in [-0.15, -0.1) is 0 Å². The Morgan fingerprint density at radius 2 is 2.05 bits per heavy atom. The average Bonchev–Trinajstić information content (AvgIpc) is 2.45. The molecule has 1 unspecified atom stereocenters. The molecule has 0 aliphatic rings. The normalized spacial score (nSPS) is 12.1. The van der Waals surface area contributed by atoms with E-state index in [1.54, 1.807) is 19.2 Å². The lowest BCUT2D eigenvalue weighted by molar-refractivity contribution is 0.0274. The van der Waals surface area contributed by atoms with Crippen molar-refractivity contribution in [2.24, 2.45) is 5.92 Å². The molecule has 0 aliphatic heterocycles. The quantitative estimate of drug-likeness (QED) is 0.687. The van der Waals surface area contributed by atoms with Gasteiger partial charge >= 0.3 is 6.03 Å². The molecule has 1 rings (SSSR count). The summed E-state index contributed by atoms with van der Waals surface area (Å²) in [6.45, 7) is 6.91. The number of aliphatic hydroxyl groups excluding tert-OH is 1. The average molecular weight is 310 g/mol. The Morgan fingerprint density at radius 1 is 1.32 bits per heavy atom. The molecule has 0 fully saturated rings. The van der Waals surface area contributed by atoms with E-state index in [1.807, 2.05) is 26.8 Å². The van der Waals surface area contributed by atoms with Crippen molar-refractivity contribution >= 4 is 11.7 Å². The van der Waals surface area contributed by atoms with Gasteiger partial charge in [-0.1, -0.05) is 13.8 Å². The van der Waals surface area contributed by atoms with Crippen LogP contribution in [0.25, 0.3) is 0 Å². The third kappa shape index (κ3) is 6.78. The first-order chi connectivity index (χ1) is 10.4. The molecule has 0 spiro atoms. The van der Waals surface area contributed by atoms with Crippen LogP contribution in [0, 0.1) is 12.8 Å². The molecule has 0 bridgehead atoms. The highest BCUT2D eigenvalue weighted by Crippen LogP contribution is 2.21. The van der Waals surface area contributed by atoms with Crippen molar-refractivity contribution in [3.8, 4) is 5.75 Å². The first-order valence-corrected chi connectivity index (χ1v) is 7.37. The standard InChI is InChI=1S/C16H26N2O4/c1-11(2)9-22-10-14(19)8-17-16(20)18-13-5-6-15(21-4)12(3)7-13/h5-7,11,14,19H,8-10H2,1-4H3,(H2,17,18,20). The van der Waals surface area contributed by atoms with Crippen molar-refractivity contribution in [3.63, 3.8) is 0 Å². The summed E-state index contributed by atoms with van der Waals surface area (Å²) in [5.74, 6) is 1.19. The molecule has 0 saturated carbocycles. The van der Waals surface area contributed by atoms with Crippen LogP contribution < -0.4 is 15.4 Å². The van der Waals surface area contributed by atoms with Crippen LogP contribution in [0.2, 0.25) is 0 Å². The summed E-state index contributed by atoms with van der Waals surface area (Å²) in [7, 11) is 1.60. The van der Waals surface area contributed by atoms with Crippen LogP contribution in [0.3, 0.4) is 0 Å². The highest BCUT2D eigenvalue weighted by molar-refractivity contribution is 5.89. The Hall–Kier alpha value is -1.79. The molecule has 0 radical (unpaired) electrons. The molecule has 1 atom stereocenters. The third-order valence-corrected chi connectivity index (χ3v) is 2.91. The van der Waals surface area contributed by atoms with Crippen molar-refractivity contribution in [1.82, 2.24) is 5.32 Å². The van der Waals surface area contributed by atoms with Gasteiger partial charge in [-0.3, -0.25) is 0 Å². The fourth-order valence-electron chi connectivity index (χ4n) is 1.84. The molecule has 3 N–H and O–H groups in total. The van der Waals surface area contributed by atoms with E-state index < -0.39 is 6.10 Å². The van der Waals surface area contributed by atoms with E-state index in [9.17, 15) is 9.90 Å². The van der Waals surface area contributed by atoms with Crippen molar-refractivity contribution in [1.29, 1.82) is 0 Å². The van der Waals surface area contributed by atoms with Crippen LogP contribution in [0.5, 0.6) is 5.75 Å². The number of urea groups is 1. The van der Waals surface area contributed by atoms with Crippen molar-refractivity contribution in [2.45, 2.75) is 26.9 Å². The van der Waals surface area contributed by atoms with Crippen molar-refractivity contribution in [2.75, 3.05) is 32.2 Å². The third-order valence-electron chi connectivity index (χ3n) is 2.91. The van der Waals surface area contributed by atoms with E-state index in [4.69, 9.17) is 9.47 Å². The maximum atomic E-state index is 11.8. The number of hydrogen-bond donors (Lipinski definition) is 3. The second kappa shape index (κ2) is 9.27. The lowest BCUT2D eigenvalue weighted by Gasteiger charge is -2.14. The number of carbonyl (C=O) groups is 1. The van der Waals surface area contributed by atoms with Crippen LogP contribution in [0.4, 0.5) is 10.5 Å². The van der Waals surface area contributed by atoms with Crippen molar-refractivity contribution in [3.05, 3.63) is 23.8 Å². The minimum Gasteiger partial charge on any atom is -0.496 e. The SMILES string of the molecule is COc1ccc(NC(=O)NCC(O)COCC(C)C)cc1C. The Morgan fingerprint density at radius 3 is 2.64 bits per heavy atom. The van der Waals surface area contributed by atoms with E-state index in [1.165, 1.54) is 0 Å². The largest absolute Gasteiger partial charge is 0.496 e. The van der Waals surface area contributed by atoms with E-state index in [-0.39, 0.29) is 19.2 Å². The van der Waals surface area contributed by atoms with E-state index in [0.29, 0.717) is 18.2 Å². The fraction of sp³-hybridized carbons (Fsp3) is 0.562. The number of carbonyl (C=O) groups excluding carboxylic acids is 1. The zero-order valence-corrected chi connectivity index (χ0v) is 13.7. The predicted octanol–water partition coefficient (Wildman–Crippen LogP) is 2.16. The van der Waals surface area contributed by atoms with Gasteiger partial charge in [0.1, 0.15) is 5.75 Å². The van der Waals surface area contributed by atoms with Gasteiger partial charge in [0.2, 0.25) is 0 Å². The maximum Gasteiger partial charge on any atom is 0.319 e. The smallest absolute Gasteiger partial charge is 0.319 e. The molecule has 1 aromatic rings. The van der Waals surface area contributed by atoms with Gasteiger partial charge in [-0.2, -0.15) is 0 Å². The number of methoxy groups -OCH3 is 1. The minimum absolute atomic E-state index is 0.138. The molecule has 2 amide bonds. The maximum absolute atomic E-state index is 11.8. The number of aryl methyl sites for hydroxylation is 1. The van der Waals surface area contributed by atoms with Crippen LogP contribution in [-0.4, -0.2) is 44.1 Å². The lowest BCUT2D eigenvalue weighted by atomic mass is 10.2. The zero-order valence-electron chi connectivity index (χ0n) is 13.7. The van der Waals surface area contributed by atoms with Crippen LogP contribution >= 0.6 is 0 Å². The first-order valence-electron chi connectivity index (χ1n) is 7.37. The summed E-state index contributed by atoms with van der Waals surface area (Å²) in [4.78, 5) is 11.8. The van der Waals surface area contributed by atoms with Gasteiger partial charge in [0.15, 0.2) is 0 Å². The second-order valence-electron chi connectivity index (χ2n) is 5.60. The Labute approximate surface area is 131 Å². The van der Waals surface area contributed by atoms with Gasteiger partial charge in [0.25, 0.3) is 0 Å². The molecule has 0 aromatic heterocycles. The molecule has 0 heterocycles. The van der Waals surface area contributed by atoms with Crippen LogP contribution in [0.15, 0.2) is 18.2 Å². The Kier molecular flexibility index (Phi) is 7.70. The number of hydrogen-bond acceptors (Lipinski definition) is 4. The summed E-state index contributed by atoms with van der Waals surface area (Å²) in [6, 6.07) is 5.00. The molecular formula is C16H26N2O4. The van der Waals surface area contributed by atoms with E-state index >= 15 is 0 Å². The highest BCUT2D eigenvalue weighted by Gasteiger charge is 2.08. The summed E-state index contributed by atoms with van der Waals surface area (Å²) in [6.07, 6.45) is -0.720. The number of rotatable bonds is 8. The number of nitrogens with one attached hydrogen (secondary N) is 2. The molecule has 0 saturated heterocycles. The lowest BCUT2D eigenvalue weighted by Crippen LogP contribution is -2.37. The molecular weight excluding hydrogens is 284 g/mol. The van der Waals surface area contributed by atoms with Gasteiger partial charge in [-0.05, 0) is 36.6 Å². The molecule has 0 aliphatic carbocycles. The number of anilines is 1. The summed E-state index contributed by atoms with van der Waals surface area (Å²) >= 11 is 0. The topological polar surface area (TPSA) is 79.8 Å². The zero-order chi connectivity index (χ0) is 16.5. The predicted molar refractivity (Wildman–Crippen MR) is 86.4 cm³/mol. The van der Waals surface area contributed by atoms with Gasteiger partial charge in [0.05, 0.1) is 19.8 Å². The fourth-order valence-corrected chi connectivity index (χ4v) is 1.84. The van der Waals surface area contributed by atoms with Gasteiger partial charge in [0, 0.05) is 18.8 Å². The van der Waals surface area contributed by atoms with Crippen molar-refractivity contribution < 1.29 is 19.4 Å². The highest BCUT2D eigenvalue weighted by atomic mass is 16.5. The second-order valence-corrected chi connectivity index (χ2v) is 5.60. The summed E-state index contributed by atoms with van der Waals surface area (Å²) < 4.78 is 10.5. The minimum atomic E-state index is -0.720. The number of benzene rings is 1. The molecule has 6 nitrogen and oxygen atoms in total. The van der Waals surface area contributed by atoms with Gasteiger partial charge < -0.3 is 25.2 Å². The summed E-state index contributed by atoms with van der Waals surface area (Å²) in [5, 5.41) is 15.0. The Balaban J connectivity index is 2.32. The molecule has 1 aromatic carbocycles. The van der Waals surface area contributed by atoms with Crippen LogP contribution in [0.1, 0.15) is 19.4 Å². The molecule has 22 heavy (non-hydrogen) atoms. The molecule has 6 heteroatoms. The number of ether oxygens (including phenoxy) is 2. The van der Waals surface area contributed by atoms with Crippen LogP contribution in [-0.2, 0) is 4.74 Å². The Bertz CT molecular complexity index is 477.